The SMILES string of the molecule is Nc1nc(N)c2c(n1)CCC2CCCn1ccc2cc(C(=O)O)ccc21. The van der Waals surface area contributed by atoms with Crippen molar-refractivity contribution in [3.8, 4) is 0 Å². The van der Waals surface area contributed by atoms with E-state index in [0.717, 1.165) is 54.4 Å². The maximum absolute atomic E-state index is 11.1. The second-order valence-electron chi connectivity index (χ2n) is 6.79. The van der Waals surface area contributed by atoms with E-state index in [1.165, 1.54) is 0 Å². The van der Waals surface area contributed by atoms with Crippen LogP contribution >= 0.6 is 0 Å². The fraction of sp³-hybridized carbons (Fsp3) is 0.316. The van der Waals surface area contributed by atoms with Gasteiger partial charge in [0.2, 0.25) is 5.95 Å². The van der Waals surface area contributed by atoms with Crippen molar-refractivity contribution in [2.45, 2.75) is 38.1 Å². The predicted octanol–water partition coefficient (Wildman–Crippen LogP) is 2.80. The molecular formula is C19H21N5O2. The Bertz CT molecular complexity index is 995. The van der Waals surface area contributed by atoms with Crippen LogP contribution in [0.15, 0.2) is 30.5 Å². The van der Waals surface area contributed by atoms with Crippen molar-refractivity contribution < 1.29 is 9.90 Å². The molecule has 1 atom stereocenters. The predicted molar refractivity (Wildman–Crippen MR) is 100 cm³/mol. The van der Waals surface area contributed by atoms with Crippen molar-refractivity contribution in [3.63, 3.8) is 0 Å². The molecule has 7 heteroatoms. The van der Waals surface area contributed by atoms with Crippen molar-refractivity contribution in [2.24, 2.45) is 0 Å². The Morgan fingerprint density at radius 1 is 1.27 bits per heavy atom. The molecule has 4 rings (SSSR count). The third-order valence-electron chi connectivity index (χ3n) is 5.18. The van der Waals surface area contributed by atoms with Gasteiger partial charge in [0, 0.05) is 29.2 Å². The molecule has 1 aliphatic rings. The zero-order valence-corrected chi connectivity index (χ0v) is 14.4. The molecule has 134 valence electrons. The van der Waals surface area contributed by atoms with Gasteiger partial charge < -0.3 is 21.1 Å². The molecule has 0 spiro atoms. The molecule has 0 saturated heterocycles. The van der Waals surface area contributed by atoms with E-state index in [-0.39, 0.29) is 5.95 Å². The Morgan fingerprint density at radius 2 is 2.12 bits per heavy atom. The number of hydrogen-bond acceptors (Lipinski definition) is 5. The van der Waals surface area contributed by atoms with Gasteiger partial charge >= 0.3 is 5.97 Å². The number of benzene rings is 1. The Kier molecular flexibility index (Phi) is 3.99. The largest absolute Gasteiger partial charge is 0.478 e. The van der Waals surface area contributed by atoms with E-state index in [1.807, 2.05) is 18.3 Å². The van der Waals surface area contributed by atoms with E-state index in [2.05, 4.69) is 14.5 Å². The highest BCUT2D eigenvalue weighted by molar-refractivity contribution is 5.93. The minimum atomic E-state index is -0.903. The van der Waals surface area contributed by atoms with Crippen LogP contribution in [0.1, 0.15) is 46.8 Å². The molecule has 26 heavy (non-hydrogen) atoms. The highest BCUT2D eigenvalue weighted by Gasteiger charge is 2.27. The van der Waals surface area contributed by atoms with Crippen LogP contribution in [-0.2, 0) is 13.0 Å². The molecule has 0 aliphatic heterocycles. The van der Waals surface area contributed by atoms with Gasteiger partial charge in [-0.1, -0.05) is 0 Å². The molecule has 0 amide bonds. The van der Waals surface area contributed by atoms with Crippen LogP contribution in [0, 0.1) is 0 Å². The van der Waals surface area contributed by atoms with E-state index in [0.29, 0.717) is 17.3 Å². The first-order chi connectivity index (χ1) is 12.5. The Hall–Kier alpha value is -3.09. The van der Waals surface area contributed by atoms with Gasteiger partial charge in [0.15, 0.2) is 0 Å². The lowest BCUT2D eigenvalue weighted by Gasteiger charge is -2.13. The summed E-state index contributed by atoms with van der Waals surface area (Å²) in [5, 5.41) is 10.0. The molecule has 5 N–H and O–H groups in total. The van der Waals surface area contributed by atoms with Crippen molar-refractivity contribution in [1.29, 1.82) is 0 Å². The minimum absolute atomic E-state index is 0.251. The van der Waals surface area contributed by atoms with Crippen molar-refractivity contribution in [2.75, 3.05) is 11.5 Å². The summed E-state index contributed by atoms with van der Waals surface area (Å²) >= 11 is 0. The van der Waals surface area contributed by atoms with Gasteiger partial charge in [0.1, 0.15) is 5.82 Å². The van der Waals surface area contributed by atoms with Crippen LogP contribution in [0.3, 0.4) is 0 Å². The number of nitrogens with two attached hydrogens (primary N) is 2. The number of aromatic nitrogens is 3. The van der Waals surface area contributed by atoms with Gasteiger partial charge in [0.25, 0.3) is 0 Å². The molecule has 0 bridgehead atoms. The van der Waals surface area contributed by atoms with Crippen LogP contribution in [0.25, 0.3) is 10.9 Å². The monoisotopic (exact) mass is 351 g/mol. The number of carboxylic acid groups (broad SMARTS) is 1. The van der Waals surface area contributed by atoms with Crippen LogP contribution in [0.2, 0.25) is 0 Å². The maximum atomic E-state index is 11.1. The molecule has 0 saturated carbocycles. The lowest BCUT2D eigenvalue weighted by molar-refractivity contribution is 0.0697. The average molecular weight is 351 g/mol. The smallest absolute Gasteiger partial charge is 0.335 e. The van der Waals surface area contributed by atoms with Gasteiger partial charge in [0.05, 0.1) is 11.3 Å². The maximum Gasteiger partial charge on any atom is 0.335 e. The fourth-order valence-corrected chi connectivity index (χ4v) is 3.97. The van der Waals surface area contributed by atoms with Gasteiger partial charge in [-0.05, 0) is 55.9 Å². The number of carboxylic acids is 1. The Morgan fingerprint density at radius 3 is 2.92 bits per heavy atom. The van der Waals surface area contributed by atoms with Gasteiger partial charge in [-0.2, -0.15) is 4.98 Å². The summed E-state index contributed by atoms with van der Waals surface area (Å²) < 4.78 is 2.17. The van der Waals surface area contributed by atoms with Crippen LogP contribution < -0.4 is 11.5 Å². The van der Waals surface area contributed by atoms with Gasteiger partial charge in [-0.25, -0.2) is 9.78 Å². The number of fused-ring (bicyclic) bond motifs is 2. The zero-order chi connectivity index (χ0) is 18.3. The first kappa shape index (κ1) is 16.4. The zero-order valence-electron chi connectivity index (χ0n) is 14.4. The second kappa shape index (κ2) is 6.33. The number of anilines is 2. The summed E-state index contributed by atoms with van der Waals surface area (Å²) in [7, 11) is 0. The number of rotatable bonds is 5. The molecule has 3 aromatic rings. The third-order valence-corrected chi connectivity index (χ3v) is 5.18. The molecule has 1 unspecified atom stereocenters. The standard InChI is InChI=1S/C19H21N5O2/c20-17-16-11(3-5-14(16)22-19(21)23-17)2-1-8-24-9-7-12-10-13(18(25)26)4-6-15(12)24/h4,6-7,9-11H,1-3,5,8H2,(H,25,26)(H4,20,21,22,23). The fourth-order valence-electron chi connectivity index (χ4n) is 3.97. The normalized spacial score (nSPS) is 16.1. The quantitative estimate of drug-likeness (QED) is 0.650. The summed E-state index contributed by atoms with van der Waals surface area (Å²) in [4.78, 5) is 19.5. The van der Waals surface area contributed by atoms with Gasteiger partial charge in [-0.3, -0.25) is 0 Å². The van der Waals surface area contributed by atoms with Gasteiger partial charge in [-0.15, -0.1) is 0 Å². The number of carbonyl (C=O) groups is 1. The van der Waals surface area contributed by atoms with Crippen molar-refractivity contribution >= 4 is 28.6 Å². The van der Waals surface area contributed by atoms with E-state index in [1.54, 1.807) is 12.1 Å². The number of nitrogen functional groups attached to an aromatic ring is 2. The minimum Gasteiger partial charge on any atom is -0.478 e. The summed E-state index contributed by atoms with van der Waals surface area (Å²) in [6.07, 6.45) is 5.96. The summed E-state index contributed by atoms with van der Waals surface area (Å²) in [6.45, 7) is 0.873. The molecule has 0 radical (unpaired) electrons. The molecule has 7 nitrogen and oxygen atoms in total. The summed E-state index contributed by atoms with van der Waals surface area (Å²) in [6, 6.07) is 7.19. The number of aryl methyl sites for hydroxylation is 2. The molecule has 2 heterocycles. The number of hydrogen-bond donors (Lipinski definition) is 3. The summed E-state index contributed by atoms with van der Waals surface area (Å²) in [5.74, 6) is 0.245. The lowest BCUT2D eigenvalue weighted by atomic mass is 9.97. The number of aromatic carboxylic acids is 1. The Balaban J connectivity index is 1.45. The molecule has 2 aromatic heterocycles. The van der Waals surface area contributed by atoms with E-state index in [9.17, 15) is 4.79 Å². The van der Waals surface area contributed by atoms with E-state index < -0.39 is 5.97 Å². The second-order valence-corrected chi connectivity index (χ2v) is 6.79. The lowest BCUT2D eigenvalue weighted by Crippen LogP contribution is -2.07. The first-order valence-corrected chi connectivity index (χ1v) is 8.77. The number of nitrogens with zero attached hydrogens (tertiary/aromatic N) is 3. The molecular weight excluding hydrogens is 330 g/mol. The highest BCUT2D eigenvalue weighted by Crippen LogP contribution is 2.38. The van der Waals surface area contributed by atoms with E-state index in [4.69, 9.17) is 16.6 Å². The van der Waals surface area contributed by atoms with Crippen molar-refractivity contribution in [3.05, 3.63) is 47.3 Å². The van der Waals surface area contributed by atoms with Crippen LogP contribution in [0.5, 0.6) is 0 Å². The summed E-state index contributed by atoms with van der Waals surface area (Å²) in [5.41, 5.74) is 15.2. The molecule has 1 aliphatic carbocycles. The first-order valence-electron chi connectivity index (χ1n) is 8.77. The highest BCUT2D eigenvalue weighted by atomic mass is 16.4. The van der Waals surface area contributed by atoms with Crippen molar-refractivity contribution in [1.82, 2.24) is 14.5 Å². The van der Waals surface area contributed by atoms with Crippen LogP contribution in [0.4, 0.5) is 11.8 Å². The Labute approximate surface area is 150 Å². The average Bonchev–Trinajstić information content (AvgIpc) is 3.19. The third kappa shape index (κ3) is 2.85. The molecule has 0 fully saturated rings. The van der Waals surface area contributed by atoms with E-state index >= 15 is 0 Å². The molecule has 1 aromatic carbocycles. The topological polar surface area (TPSA) is 120 Å². The van der Waals surface area contributed by atoms with Crippen LogP contribution in [-0.4, -0.2) is 25.6 Å².